The first-order valence-electron chi connectivity index (χ1n) is 8.59. The summed E-state index contributed by atoms with van der Waals surface area (Å²) in [6.45, 7) is 12.6. The quantitative estimate of drug-likeness (QED) is 0.427. The van der Waals surface area contributed by atoms with E-state index >= 15 is 0 Å². The maximum Gasteiger partial charge on any atom is 0.119 e. The van der Waals surface area contributed by atoms with Gasteiger partial charge in [0.15, 0.2) is 0 Å². The summed E-state index contributed by atoms with van der Waals surface area (Å²) in [5.74, 6) is 0.788. The number of nitrogens with zero attached hydrogens (tertiary/aromatic N) is 1. The van der Waals surface area contributed by atoms with Gasteiger partial charge in [0, 0.05) is 5.70 Å². The first-order valence-corrected chi connectivity index (χ1v) is 8.59. The molecule has 1 aliphatic heterocycles. The van der Waals surface area contributed by atoms with Gasteiger partial charge in [-0.15, -0.1) is 0 Å². The lowest BCUT2D eigenvalue weighted by molar-refractivity contribution is 0.256. The fourth-order valence-electron chi connectivity index (χ4n) is 2.15. The Morgan fingerprint density at radius 3 is 2.50 bits per heavy atom. The van der Waals surface area contributed by atoms with Crippen LogP contribution in [0.15, 0.2) is 114 Å². The van der Waals surface area contributed by atoms with Crippen molar-refractivity contribution in [1.29, 1.82) is 0 Å². The van der Waals surface area contributed by atoms with Gasteiger partial charge in [0.25, 0.3) is 0 Å². The van der Waals surface area contributed by atoms with Crippen molar-refractivity contribution in [3.63, 3.8) is 0 Å². The minimum atomic E-state index is 0.487. The van der Waals surface area contributed by atoms with Gasteiger partial charge in [0.2, 0.25) is 0 Å². The molecule has 0 amide bonds. The van der Waals surface area contributed by atoms with E-state index < -0.39 is 0 Å². The molecule has 1 N–H and O–H groups in total. The van der Waals surface area contributed by atoms with Crippen LogP contribution in [0.4, 0.5) is 0 Å². The molecule has 0 spiro atoms. The predicted octanol–water partition coefficient (Wildman–Crippen LogP) is 5.34. The van der Waals surface area contributed by atoms with Crippen LogP contribution in [0, 0.1) is 0 Å². The molecule has 0 aromatic rings. The van der Waals surface area contributed by atoms with Crippen molar-refractivity contribution in [2.45, 2.75) is 13.8 Å². The van der Waals surface area contributed by atoms with E-state index in [2.05, 4.69) is 23.5 Å². The highest BCUT2D eigenvalue weighted by molar-refractivity contribution is 5.62. The Morgan fingerprint density at radius 2 is 1.88 bits per heavy atom. The monoisotopic (exact) mass is 348 g/mol. The van der Waals surface area contributed by atoms with Gasteiger partial charge in [-0.2, -0.15) is 0 Å². The summed E-state index contributed by atoms with van der Waals surface area (Å²) in [5.41, 5.74) is 3.15. The van der Waals surface area contributed by atoms with Gasteiger partial charge in [0.1, 0.15) is 12.4 Å². The van der Waals surface area contributed by atoms with Crippen LogP contribution in [-0.2, 0) is 4.74 Å². The summed E-state index contributed by atoms with van der Waals surface area (Å²) >= 11 is 0. The first kappa shape index (κ1) is 21.0. The van der Waals surface area contributed by atoms with Crippen LogP contribution in [0.25, 0.3) is 0 Å². The molecule has 136 valence electrons. The lowest BCUT2D eigenvalue weighted by Crippen LogP contribution is -2.04. The van der Waals surface area contributed by atoms with E-state index in [0.717, 1.165) is 22.6 Å². The Hall–Kier alpha value is -3.07. The van der Waals surface area contributed by atoms with Crippen molar-refractivity contribution in [1.82, 2.24) is 5.32 Å². The van der Waals surface area contributed by atoms with Gasteiger partial charge in [-0.1, -0.05) is 67.8 Å². The Balaban J connectivity index is 2.82. The standard InChI is InChI=1S/C23H28N2O/c1-5-10-20(16-22-17-24-19-25-22)14-9-15-23(13-8-4)26-18-21(11-6-2)12-7-3/h5-16,19H,1-2,17-18H2,3-4H3,(H,24,25)/b12-7-,13-8-,14-9+,20-10-,21-11+,22-16+,23-15+. The van der Waals surface area contributed by atoms with Crippen LogP contribution in [0.2, 0.25) is 0 Å². The van der Waals surface area contributed by atoms with Crippen LogP contribution < -0.4 is 5.32 Å². The molecule has 1 heterocycles. The molecule has 1 aliphatic rings. The predicted molar refractivity (Wildman–Crippen MR) is 114 cm³/mol. The summed E-state index contributed by atoms with van der Waals surface area (Å²) in [5, 5.41) is 3.11. The zero-order valence-electron chi connectivity index (χ0n) is 15.7. The highest BCUT2D eigenvalue weighted by atomic mass is 16.5. The van der Waals surface area contributed by atoms with E-state index in [0.29, 0.717) is 13.2 Å². The molecule has 3 heteroatoms. The summed E-state index contributed by atoms with van der Waals surface area (Å²) in [7, 11) is 0. The van der Waals surface area contributed by atoms with Gasteiger partial charge in [-0.05, 0) is 43.2 Å². The average molecular weight is 348 g/mol. The minimum Gasteiger partial charge on any atom is -0.489 e. The Morgan fingerprint density at radius 1 is 1.12 bits per heavy atom. The van der Waals surface area contributed by atoms with Crippen molar-refractivity contribution in [3.05, 3.63) is 109 Å². The lowest BCUT2D eigenvalue weighted by atomic mass is 10.2. The third-order valence-corrected chi connectivity index (χ3v) is 3.25. The number of nitrogens with one attached hydrogen (secondary N) is 1. The van der Waals surface area contributed by atoms with E-state index in [9.17, 15) is 0 Å². The van der Waals surface area contributed by atoms with E-state index in [1.165, 1.54) is 0 Å². The van der Waals surface area contributed by atoms with Crippen molar-refractivity contribution >= 4 is 6.34 Å². The molecule has 0 bridgehead atoms. The molecular weight excluding hydrogens is 320 g/mol. The molecule has 0 aromatic heterocycles. The molecule has 0 saturated carbocycles. The smallest absolute Gasteiger partial charge is 0.119 e. The number of ether oxygens (including phenoxy) is 1. The molecule has 0 aliphatic carbocycles. The van der Waals surface area contributed by atoms with Gasteiger partial charge in [-0.3, -0.25) is 4.99 Å². The van der Waals surface area contributed by atoms with Crippen LogP contribution in [0.1, 0.15) is 13.8 Å². The number of allylic oxidation sites excluding steroid dienone is 12. The largest absolute Gasteiger partial charge is 0.489 e. The molecule has 0 atom stereocenters. The molecule has 0 aromatic carbocycles. The van der Waals surface area contributed by atoms with Crippen molar-refractivity contribution in [2.24, 2.45) is 4.99 Å². The molecular formula is C23H28N2O. The summed E-state index contributed by atoms with van der Waals surface area (Å²) in [6, 6.07) is 0. The van der Waals surface area contributed by atoms with Crippen LogP contribution >= 0.6 is 0 Å². The molecule has 26 heavy (non-hydrogen) atoms. The van der Waals surface area contributed by atoms with Crippen LogP contribution in [0.5, 0.6) is 0 Å². The molecule has 0 radical (unpaired) electrons. The van der Waals surface area contributed by atoms with Crippen LogP contribution in [0.3, 0.4) is 0 Å². The SMILES string of the molecule is C=C/C=C(/C=C/C=C(\C=C/C)OCC(/C=C\C)=C/C=C)\C=C1/CN=CN1. The van der Waals surface area contributed by atoms with Gasteiger partial charge in [-0.25, -0.2) is 0 Å². The van der Waals surface area contributed by atoms with Gasteiger partial charge >= 0.3 is 0 Å². The first-order chi connectivity index (χ1) is 12.7. The Kier molecular flexibility index (Phi) is 10.7. The third kappa shape index (κ3) is 8.69. The second-order valence-corrected chi connectivity index (χ2v) is 5.38. The van der Waals surface area contributed by atoms with E-state index in [1.807, 2.05) is 74.6 Å². The average Bonchev–Trinajstić information content (AvgIpc) is 3.13. The maximum absolute atomic E-state index is 5.89. The van der Waals surface area contributed by atoms with Gasteiger partial charge < -0.3 is 10.1 Å². The van der Waals surface area contributed by atoms with E-state index in [4.69, 9.17) is 4.74 Å². The molecule has 1 rings (SSSR count). The van der Waals surface area contributed by atoms with Crippen LogP contribution in [-0.4, -0.2) is 19.5 Å². The number of rotatable bonds is 10. The number of hydrogen-bond acceptors (Lipinski definition) is 3. The fraction of sp³-hybridized carbons (Fsp3) is 0.174. The topological polar surface area (TPSA) is 33.6 Å². The fourth-order valence-corrected chi connectivity index (χ4v) is 2.15. The zero-order chi connectivity index (χ0) is 19.0. The summed E-state index contributed by atoms with van der Waals surface area (Å²) in [4.78, 5) is 4.14. The Bertz CT molecular complexity index is 700. The highest BCUT2D eigenvalue weighted by Crippen LogP contribution is 2.09. The zero-order valence-corrected chi connectivity index (χ0v) is 15.7. The normalized spacial score (nSPS) is 17.6. The maximum atomic E-state index is 5.89. The second-order valence-electron chi connectivity index (χ2n) is 5.38. The van der Waals surface area contributed by atoms with E-state index in [-0.39, 0.29) is 0 Å². The van der Waals surface area contributed by atoms with Gasteiger partial charge in [0.05, 0.1) is 12.9 Å². The molecule has 3 nitrogen and oxygen atoms in total. The summed E-state index contributed by atoms with van der Waals surface area (Å²) in [6.07, 6.45) is 25.0. The summed E-state index contributed by atoms with van der Waals surface area (Å²) < 4.78 is 5.89. The minimum absolute atomic E-state index is 0.487. The van der Waals surface area contributed by atoms with Crippen molar-refractivity contribution < 1.29 is 4.74 Å². The highest BCUT2D eigenvalue weighted by Gasteiger charge is 1.99. The molecule has 0 fully saturated rings. The second kappa shape index (κ2) is 13.2. The molecule has 0 saturated heterocycles. The van der Waals surface area contributed by atoms with Crippen molar-refractivity contribution in [2.75, 3.05) is 13.2 Å². The number of hydrogen-bond donors (Lipinski definition) is 1. The third-order valence-electron chi connectivity index (χ3n) is 3.25. The van der Waals surface area contributed by atoms with E-state index in [1.54, 1.807) is 18.5 Å². The molecule has 0 unspecified atom stereocenters. The number of aliphatic imine (C=N–C) groups is 1. The lowest BCUT2D eigenvalue weighted by Gasteiger charge is -2.07. The van der Waals surface area contributed by atoms with Crippen molar-refractivity contribution in [3.8, 4) is 0 Å². The Labute approximate surface area is 157 Å².